The summed E-state index contributed by atoms with van der Waals surface area (Å²) in [7, 11) is 1.30. The van der Waals surface area contributed by atoms with Crippen LogP contribution in [-0.4, -0.2) is 73.9 Å². The van der Waals surface area contributed by atoms with Crippen LogP contribution in [0, 0.1) is 11.3 Å². The fraction of sp³-hybridized carbons (Fsp3) is 0.462. The molecule has 5 aromatic rings. The number of amides is 3. The number of methoxy groups -OCH3 is 1. The van der Waals surface area contributed by atoms with Gasteiger partial charge in [-0.15, -0.1) is 22.7 Å². The van der Waals surface area contributed by atoms with Crippen LogP contribution in [0.4, 0.5) is 4.79 Å². The lowest BCUT2D eigenvalue weighted by molar-refractivity contribution is -0.135. The zero-order valence-corrected chi connectivity index (χ0v) is 32.2. The van der Waals surface area contributed by atoms with E-state index in [0.717, 1.165) is 72.0 Å². The van der Waals surface area contributed by atoms with E-state index >= 15 is 0 Å². The summed E-state index contributed by atoms with van der Waals surface area (Å²) in [6.45, 7) is 11.5. The van der Waals surface area contributed by atoms with Crippen molar-refractivity contribution >= 4 is 50.0 Å². The van der Waals surface area contributed by atoms with Crippen LogP contribution in [0.5, 0.6) is 0 Å². The first kappa shape index (κ1) is 35.9. The number of alkyl carbamates (subject to hydrolysis) is 1. The zero-order chi connectivity index (χ0) is 36.7. The van der Waals surface area contributed by atoms with E-state index in [1.54, 1.807) is 22.7 Å². The molecule has 2 aliphatic heterocycles. The van der Waals surface area contributed by atoms with E-state index in [4.69, 9.17) is 14.7 Å². The van der Waals surface area contributed by atoms with Gasteiger partial charge in [0.1, 0.15) is 17.7 Å². The van der Waals surface area contributed by atoms with Crippen LogP contribution >= 0.6 is 22.7 Å². The Kier molecular flexibility index (Phi) is 10.0. The molecule has 3 amide bonds. The minimum Gasteiger partial charge on any atom is -0.453 e. The van der Waals surface area contributed by atoms with Gasteiger partial charge in [0.25, 0.3) is 0 Å². The number of likely N-dealkylation sites (tertiary alicyclic amines) is 2. The van der Waals surface area contributed by atoms with E-state index in [1.165, 1.54) is 22.1 Å². The first-order valence-corrected chi connectivity index (χ1v) is 19.8. The van der Waals surface area contributed by atoms with Crippen LogP contribution < -0.4 is 5.32 Å². The number of thiophene rings is 2. The maximum Gasteiger partial charge on any atom is 0.407 e. The summed E-state index contributed by atoms with van der Waals surface area (Å²) in [6.07, 6.45) is 7.31. The van der Waals surface area contributed by atoms with Gasteiger partial charge in [-0.2, -0.15) is 0 Å². The van der Waals surface area contributed by atoms with E-state index in [1.807, 2.05) is 36.0 Å². The van der Waals surface area contributed by atoms with Gasteiger partial charge in [-0.25, -0.2) is 14.8 Å². The topological polar surface area (TPSA) is 136 Å². The van der Waals surface area contributed by atoms with Crippen LogP contribution in [0.15, 0.2) is 47.4 Å². The summed E-state index contributed by atoms with van der Waals surface area (Å²) in [5, 5.41) is 7.13. The Labute approximate surface area is 312 Å². The van der Waals surface area contributed by atoms with Crippen molar-refractivity contribution in [3.05, 3.63) is 59.1 Å². The maximum atomic E-state index is 13.5. The fourth-order valence-corrected chi connectivity index (χ4v) is 9.86. The van der Waals surface area contributed by atoms with Crippen molar-refractivity contribution in [2.24, 2.45) is 11.3 Å². The average molecular weight is 742 g/mol. The molecule has 0 radical (unpaired) electrons. The van der Waals surface area contributed by atoms with Gasteiger partial charge < -0.3 is 29.8 Å². The molecule has 2 fully saturated rings. The third-order valence-electron chi connectivity index (χ3n) is 10.1. The molecule has 1 unspecified atom stereocenters. The van der Waals surface area contributed by atoms with Crippen LogP contribution in [0.2, 0.25) is 0 Å². The second kappa shape index (κ2) is 14.5. The molecule has 0 aliphatic carbocycles. The van der Waals surface area contributed by atoms with Crippen molar-refractivity contribution in [3.63, 3.8) is 0 Å². The molecule has 4 aromatic heterocycles. The number of nitrogens with zero attached hydrogens (tertiary/aromatic N) is 4. The first-order chi connectivity index (χ1) is 24.9. The van der Waals surface area contributed by atoms with Crippen molar-refractivity contribution in [2.75, 3.05) is 20.2 Å². The van der Waals surface area contributed by atoms with Crippen LogP contribution in [0.3, 0.4) is 0 Å². The molecule has 3 atom stereocenters. The predicted molar refractivity (Wildman–Crippen MR) is 206 cm³/mol. The molecule has 6 heterocycles. The minimum absolute atomic E-state index is 0.00658. The highest BCUT2D eigenvalue weighted by atomic mass is 32.1. The lowest BCUT2D eigenvalue weighted by Crippen LogP contribution is -2.51. The molecule has 0 spiro atoms. The standard InChI is InChI=1S/C39H47N7O4S2/c1-22(2)32(44-38(49)50-6)37(48)46-16-8-10-30(46)36-40-18-27(42-36)24-13-11-23(12-14-24)25-20-51-34-26(21-52-33(25)34)28-19-41-35(43-28)29-9-7-15-45(29)31(47)17-39(3,4)5/h11-14,18-22,29-30,32H,7-10,15-17H2,1-6H3,(H,40,42)(H,41,43)(H,44,49)/t29-,30-,32?/m0/s1. The predicted octanol–water partition coefficient (Wildman–Crippen LogP) is 8.55. The largest absolute Gasteiger partial charge is 0.453 e. The van der Waals surface area contributed by atoms with Crippen LogP contribution in [0.25, 0.3) is 43.0 Å². The van der Waals surface area contributed by atoms with Gasteiger partial charge in [-0.1, -0.05) is 58.9 Å². The Balaban J connectivity index is 1.05. The summed E-state index contributed by atoms with van der Waals surface area (Å²) < 4.78 is 7.22. The SMILES string of the molecule is COC(=O)NC(C(=O)N1CCC[C@H]1c1nc(-c2ccc(-c3csc4c(-c5cnc([C@@H]6CCCN6C(=O)CC(C)(C)C)[nH]5)csc34)cc2)c[nH]1)C(C)C. The molecule has 0 saturated carbocycles. The van der Waals surface area contributed by atoms with Crippen molar-refractivity contribution in [1.29, 1.82) is 0 Å². The molecule has 11 nitrogen and oxygen atoms in total. The van der Waals surface area contributed by atoms with E-state index in [9.17, 15) is 14.4 Å². The molecule has 52 heavy (non-hydrogen) atoms. The van der Waals surface area contributed by atoms with Crippen molar-refractivity contribution in [2.45, 2.75) is 84.8 Å². The number of carbonyl (C=O) groups is 3. The zero-order valence-electron chi connectivity index (χ0n) is 30.6. The molecule has 7 rings (SSSR count). The van der Waals surface area contributed by atoms with E-state index < -0.39 is 12.1 Å². The van der Waals surface area contributed by atoms with Gasteiger partial charge in [0.05, 0.1) is 46.2 Å². The lowest BCUT2D eigenvalue weighted by atomic mass is 9.91. The van der Waals surface area contributed by atoms with Gasteiger partial charge in [-0.3, -0.25) is 9.59 Å². The monoisotopic (exact) mass is 741 g/mol. The summed E-state index contributed by atoms with van der Waals surface area (Å²) in [5.74, 6) is 1.60. The Morgan fingerprint density at radius 2 is 1.58 bits per heavy atom. The molecular weight excluding hydrogens is 695 g/mol. The molecular formula is C39H47N7O4S2. The molecule has 2 aliphatic rings. The molecule has 13 heteroatoms. The first-order valence-electron chi connectivity index (χ1n) is 18.1. The minimum atomic E-state index is -0.673. The number of benzene rings is 1. The van der Waals surface area contributed by atoms with Gasteiger partial charge in [0.15, 0.2) is 0 Å². The number of aromatic nitrogens is 4. The number of hydrogen-bond acceptors (Lipinski definition) is 8. The second-order valence-corrected chi connectivity index (χ2v) is 17.2. The summed E-state index contributed by atoms with van der Waals surface area (Å²) >= 11 is 3.47. The number of fused-ring (bicyclic) bond motifs is 1. The number of nitrogens with one attached hydrogen (secondary N) is 3. The Hall–Kier alpha value is -4.49. The van der Waals surface area contributed by atoms with Crippen LogP contribution in [0.1, 0.15) is 90.5 Å². The Morgan fingerprint density at radius 1 is 0.942 bits per heavy atom. The fourth-order valence-electron chi connectivity index (χ4n) is 7.42. The van der Waals surface area contributed by atoms with Gasteiger partial charge >= 0.3 is 6.09 Å². The molecule has 0 bridgehead atoms. The van der Waals surface area contributed by atoms with Crippen molar-refractivity contribution < 1.29 is 19.1 Å². The van der Waals surface area contributed by atoms with Crippen LogP contribution in [-0.2, 0) is 14.3 Å². The normalized spacial score (nSPS) is 18.4. The van der Waals surface area contributed by atoms with Gasteiger partial charge in [0.2, 0.25) is 11.8 Å². The highest BCUT2D eigenvalue weighted by Gasteiger charge is 2.38. The molecule has 274 valence electrons. The average Bonchev–Trinajstić information content (AvgIpc) is 3.95. The van der Waals surface area contributed by atoms with E-state index in [2.05, 4.69) is 71.1 Å². The number of rotatable bonds is 9. The van der Waals surface area contributed by atoms with Gasteiger partial charge in [0, 0.05) is 53.2 Å². The summed E-state index contributed by atoms with van der Waals surface area (Å²) in [4.78, 5) is 59.0. The van der Waals surface area contributed by atoms with Gasteiger partial charge in [-0.05, 0) is 42.6 Å². The molecule has 3 N–H and O–H groups in total. The number of imidazole rings is 2. The quantitative estimate of drug-likeness (QED) is 0.139. The number of hydrogen-bond donors (Lipinski definition) is 3. The highest BCUT2D eigenvalue weighted by Crippen LogP contribution is 2.44. The third-order valence-corrected chi connectivity index (χ3v) is 12.2. The lowest BCUT2D eigenvalue weighted by Gasteiger charge is -2.29. The second-order valence-electron chi connectivity index (χ2n) is 15.4. The van der Waals surface area contributed by atoms with Crippen molar-refractivity contribution in [1.82, 2.24) is 35.1 Å². The third kappa shape index (κ3) is 7.12. The molecule has 2 saturated heterocycles. The summed E-state index contributed by atoms with van der Waals surface area (Å²) in [6, 6.07) is 7.59. The maximum absolute atomic E-state index is 13.5. The molecule has 1 aromatic carbocycles. The van der Waals surface area contributed by atoms with Crippen molar-refractivity contribution in [3.8, 4) is 33.6 Å². The smallest absolute Gasteiger partial charge is 0.407 e. The number of carbonyl (C=O) groups excluding carboxylic acids is 3. The Morgan fingerprint density at radius 3 is 2.25 bits per heavy atom. The summed E-state index contributed by atoms with van der Waals surface area (Å²) in [5.41, 5.74) is 6.21. The van der Waals surface area contributed by atoms with E-state index in [-0.39, 0.29) is 35.2 Å². The number of H-pyrrole nitrogens is 2. The highest BCUT2D eigenvalue weighted by molar-refractivity contribution is 7.27. The number of ether oxygens (including phenoxy) is 1. The van der Waals surface area contributed by atoms with E-state index in [0.29, 0.717) is 13.0 Å². The Bertz CT molecular complexity index is 2070. The number of aromatic amines is 2.